The third kappa shape index (κ3) is 3.72. The molecule has 0 aliphatic carbocycles. The maximum atomic E-state index is 6.51. The summed E-state index contributed by atoms with van der Waals surface area (Å²) < 4.78 is 8.84. The van der Waals surface area contributed by atoms with Gasteiger partial charge >= 0.3 is 0 Å². The number of para-hydroxylation sites is 3. The van der Waals surface area contributed by atoms with Gasteiger partial charge in [0.2, 0.25) is 0 Å². The molecule has 0 saturated heterocycles. The average molecular weight is 544 g/mol. The van der Waals surface area contributed by atoms with E-state index in [1.54, 1.807) is 0 Å². The lowest BCUT2D eigenvalue weighted by molar-refractivity contribution is 0.418. The predicted molar refractivity (Wildman–Crippen MR) is 172 cm³/mol. The number of nitrogens with zero attached hydrogens (tertiary/aromatic N) is 3. The Labute approximate surface area is 245 Å². The fourth-order valence-corrected chi connectivity index (χ4v) is 6.44. The molecule has 0 fully saturated rings. The van der Waals surface area contributed by atoms with Crippen LogP contribution in [0.25, 0.3) is 27.5 Å². The average Bonchev–Trinajstić information content (AvgIpc) is 3.36. The van der Waals surface area contributed by atoms with Gasteiger partial charge in [0, 0.05) is 51.0 Å². The number of rotatable bonds is 4. The van der Waals surface area contributed by atoms with E-state index in [-0.39, 0.29) is 5.41 Å². The van der Waals surface area contributed by atoms with Crippen molar-refractivity contribution in [3.63, 3.8) is 0 Å². The lowest BCUT2D eigenvalue weighted by Gasteiger charge is -2.35. The molecule has 1 aliphatic heterocycles. The van der Waals surface area contributed by atoms with Crippen LogP contribution in [0, 0.1) is 0 Å². The first-order chi connectivity index (χ1) is 20.6. The van der Waals surface area contributed by atoms with Gasteiger partial charge in [0.05, 0.1) is 16.7 Å². The minimum atomic E-state index is -0.170. The van der Waals surface area contributed by atoms with Crippen molar-refractivity contribution in [2.45, 2.75) is 19.3 Å². The van der Waals surface area contributed by atoms with E-state index < -0.39 is 0 Å². The third-order valence-corrected chi connectivity index (χ3v) is 8.48. The number of fused-ring (bicyclic) bond motifs is 5. The summed E-state index contributed by atoms with van der Waals surface area (Å²) in [6.45, 7) is 4.53. The summed E-state index contributed by atoms with van der Waals surface area (Å²) in [6, 6.07) is 46.8. The van der Waals surface area contributed by atoms with Gasteiger partial charge in [-0.1, -0.05) is 80.6 Å². The third-order valence-electron chi connectivity index (χ3n) is 8.48. The van der Waals surface area contributed by atoms with E-state index in [0.29, 0.717) is 0 Å². The predicted octanol–water partition coefficient (Wildman–Crippen LogP) is 10.1. The molecule has 4 heteroatoms. The van der Waals surface area contributed by atoms with E-state index in [2.05, 4.69) is 139 Å². The molecule has 8 rings (SSSR count). The second-order valence-electron chi connectivity index (χ2n) is 11.3. The molecule has 2 aromatic heterocycles. The van der Waals surface area contributed by atoms with Crippen molar-refractivity contribution in [3.05, 3.63) is 151 Å². The van der Waals surface area contributed by atoms with Gasteiger partial charge in [-0.05, 0) is 60.7 Å². The fraction of sp³-hybridized carbons (Fsp3) is 0.0789. The Morgan fingerprint density at radius 3 is 2.14 bits per heavy atom. The quantitative estimate of drug-likeness (QED) is 0.221. The molecule has 0 amide bonds. The smallest absolute Gasteiger partial charge is 0.137 e. The zero-order chi connectivity index (χ0) is 28.3. The normalized spacial score (nSPS) is 13.4. The number of hydrogen-bond acceptors (Lipinski definition) is 3. The van der Waals surface area contributed by atoms with E-state index in [0.717, 1.165) is 34.4 Å². The Morgan fingerprint density at radius 1 is 0.595 bits per heavy atom. The van der Waals surface area contributed by atoms with Crippen LogP contribution in [0.3, 0.4) is 0 Å². The minimum absolute atomic E-state index is 0.170. The van der Waals surface area contributed by atoms with Gasteiger partial charge in [0.1, 0.15) is 17.3 Å². The van der Waals surface area contributed by atoms with Crippen LogP contribution in [0.1, 0.15) is 25.0 Å². The summed E-state index contributed by atoms with van der Waals surface area (Å²) in [6.07, 6.45) is 1.84. The highest BCUT2D eigenvalue weighted by Gasteiger charge is 2.34. The first kappa shape index (κ1) is 24.4. The van der Waals surface area contributed by atoms with Crippen LogP contribution >= 0.6 is 0 Å². The van der Waals surface area contributed by atoms with Gasteiger partial charge < -0.3 is 9.30 Å². The molecule has 0 saturated carbocycles. The van der Waals surface area contributed by atoms with Crippen molar-refractivity contribution >= 4 is 39.0 Å². The monoisotopic (exact) mass is 543 g/mol. The second kappa shape index (κ2) is 9.35. The van der Waals surface area contributed by atoms with Crippen molar-refractivity contribution in [1.82, 2.24) is 9.55 Å². The molecule has 0 N–H and O–H groups in total. The first-order valence-electron chi connectivity index (χ1n) is 14.3. The Kier molecular flexibility index (Phi) is 5.44. The molecule has 1 aliphatic rings. The first-order valence-corrected chi connectivity index (χ1v) is 14.3. The Morgan fingerprint density at radius 2 is 1.29 bits per heavy atom. The molecule has 42 heavy (non-hydrogen) atoms. The summed E-state index contributed by atoms with van der Waals surface area (Å²) in [4.78, 5) is 7.00. The summed E-state index contributed by atoms with van der Waals surface area (Å²) in [5.41, 5.74) is 7.73. The summed E-state index contributed by atoms with van der Waals surface area (Å²) >= 11 is 0. The van der Waals surface area contributed by atoms with Gasteiger partial charge in [-0.2, -0.15) is 0 Å². The number of benzene rings is 5. The van der Waals surface area contributed by atoms with E-state index in [4.69, 9.17) is 9.72 Å². The molecule has 4 nitrogen and oxygen atoms in total. The Bertz CT molecular complexity index is 2090. The maximum Gasteiger partial charge on any atom is 0.137 e. The zero-order valence-corrected chi connectivity index (χ0v) is 23.5. The van der Waals surface area contributed by atoms with Crippen LogP contribution in [0.2, 0.25) is 0 Å². The lowest BCUT2D eigenvalue weighted by Crippen LogP contribution is -2.24. The molecule has 5 aromatic carbocycles. The number of aromatic nitrogens is 2. The van der Waals surface area contributed by atoms with Crippen molar-refractivity contribution in [2.24, 2.45) is 0 Å². The Hall–Kier alpha value is -5.35. The van der Waals surface area contributed by atoms with Crippen molar-refractivity contribution in [1.29, 1.82) is 0 Å². The van der Waals surface area contributed by atoms with Gasteiger partial charge in [0.25, 0.3) is 0 Å². The van der Waals surface area contributed by atoms with Crippen molar-refractivity contribution in [3.8, 4) is 17.2 Å². The maximum absolute atomic E-state index is 6.51. The topological polar surface area (TPSA) is 30.3 Å². The van der Waals surface area contributed by atoms with Gasteiger partial charge in [0.15, 0.2) is 0 Å². The van der Waals surface area contributed by atoms with E-state index >= 15 is 0 Å². The molecule has 0 radical (unpaired) electrons. The summed E-state index contributed by atoms with van der Waals surface area (Å²) in [7, 11) is 0. The molecular weight excluding hydrogens is 514 g/mol. The molecule has 0 unspecified atom stereocenters. The van der Waals surface area contributed by atoms with Crippen molar-refractivity contribution in [2.75, 3.05) is 4.90 Å². The number of hydrogen-bond donors (Lipinski definition) is 0. The lowest BCUT2D eigenvalue weighted by atomic mass is 9.76. The van der Waals surface area contributed by atoms with Gasteiger partial charge in [-0.25, -0.2) is 4.98 Å². The van der Waals surface area contributed by atoms with Crippen LogP contribution in [0.5, 0.6) is 11.5 Å². The van der Waals surface area contributed by atoms with Crippen LogP contribution in [-0.4, -0.2) is 9.55 Å². The second-order valence-corrected chi connectivity index (χ2v) is 11.3. The molecule has 0 bridgehead atoms. The largest absolute Gasteiger partial charge is 0.457 e. The minimum Gasteiger partial charge on any atom is -0.457 e. The molecular formula is C38H29N3O. The molecule has 0 atom stereocenters. The van der Waals surface area contributed by atoms with Gasteiger partial charge in [-0.3, -0.25) is 4.90 Å². The highest BCUT2D eigenvalue weighted by Crippen LogP contribution is 2.50. The van der Waals surface area contributed by atoms with E-state index in [1.807, 2.05) is 24.4 Å². The van der Waals surface area contributed by atoms with E-state index in [1.165, 1.54) is 32.9 Å². The van der Waals surface area contributed by atoms with Gasteiger partial charge in [-0.15, -0.1) is 0 Å². The highest BCUT2D eigenvalue weighted by molar-refractivity contribution is 6.10. The van der Waals surface area contributed by atoms with Crippen LogP contribution in [0.15, 0.2) is 140 Å². The highest BCUT2D eigenvalue weighted by atomic mass is 16.5. The number of ether oxygens (including phenoxy) is 1. The number of pyridine rings is 1. The summed E-state index contributed by atoms with van der Waals surface area (Å²) in [5, 5.41) is 2.41. The summed E-state index contributed by atoms with van der Waals surface area (Å²) in [5.74, 6) is 2.63. The van der Waals surface area contributed by atoms with Crippen LogP contribution in [-0.2, 0) is 5.41 Å². The zero-order valence-electron chi connectivity index (χ0n) is 23.5. The molecule has 7 aromatic rings. The van der Waals surface area contributed by atoms with Crippen LogP contribution < -0.4 is 9.64 Å². The molecule has 202 valence electrons. The Balaban J connectivity index is 1.32. The van der Waals surface area contributed by atoms with Crippen LogP contribution in [0.4, 0.5) is 17.2 Å². The standard InChI is InChI=1S/C38H29N3O/c1-38(2)31-15-7-9-17-35(31)42-36-25-28(19-21-32(36)38)40(37-18-10-11-23-39-37)27-20-22-34-30(24-27)29-14-6-8-16-33(29)41(34)26-12-4-3-5-13-26/h3-25H,1-2H3. The molecule has 0 spiro atoms. The SMILES string of the molecule is CC1(C)c2ccccc2Oc2cc(N(c3ccc4c(c3)c3ccccc3n4-c3ccccc3)c3ccccn3)ccc21. The van der Waals surface area contributed by atoms with Crippen molar-refractivity contribution < 1.29 is 4.74 Å². The van der Waals surface area contributed by atoms with E-state index in [9.17, 15) is 0 Å². The number of anilines is 3. The molecule has 3 heterocycles. The fourth-order valence-electron chi connectivity index (χ4n) is 6.44.